The maximum absolute atomic E-state index is 13.2. The van der Waals surface area contributed by atoms with Crippen molar-refractivity contribution in [1.82, 2.24) is 5.32 Å². The lowest BCUT2D eigenvalue weighted by Crippen LogP contribution is -2.42. The van der Waals surface area contributed by atoms with Gasteiger partial charge in [0, 0.05) is 6.07 Å². The SMILES string of the molecule is CC(C)(C#N)NC(=O)c1ccc(F)cc1F. The number of amides is 1. The van der Waals surface area contributed by atoms with Gasteiger partial charge in [-0.05, 0) is 26.0 Å². The second kappa shape index (κ2) is 4.27. The lowest BCUT2D eigenvalue weighted by Gasteiger charge is -2.17. The number of hydrogen-bond acceptors (Lipinski definition) is 2. The Kier molecular flexibility index (Phi) is 3.23. The molecule has 1 aromatic carbocycles. The molecule has 0 aromatic heterocycles. The van der Waals surface area contributed by atoms with Crippen LogP contribution in [0.3, 0.4) is 0 Å². The first-order valence-corrected chi connectivity index (χ1v) is 4.54. The molecule has 0 spiro atoms. The number of nitrogens with one attached hydrogen (secondary N) is 1. The van der Waals surface area contributed by atoms with Gasteiger partial charge in [-0.3, -0.25) is 4.79 Å². The van der Waals surface area contributed by atoms with Crippen LogP contribution in [0, 0.1) is 23.0 Å². The van der Waals surface area contributed by atoms with Gasteiger partial charge >= 0.3 is 0 Å². The van der Waals surface area contributed by atoms with Crippen molar-refractivity contribution in [2.45, 2.75) is 19.4 Å². The first-order valence-electron chi connectivity index (χ1n) is 4.54. The minimum absolute atomic E-state index is 0.287. The molecule has 16 heavy (non-hydrogen) atoms. The highest BCUT2D eigenvalue weighted by molar-refractivity contribution is 5.95. The molecule has 1 aromatic rings. The van der Waals surface area contributed by atoms with Crippen molar-refractivity contribution in [2.75, 3.05) is 0 Å². The fraction of sp³-hybridized carbons (Fsp3) is 0.273. The normalized spacial score (nSPS) is 10.7. The second-order valence-electron chi connectivity index (χ2n) is 3.82. The topological polar surface area (TPSA) is 52.9 Å². The monoisotopic (exact) mass is 224 g/mol. The number of carbonyl (C=O) groups is 1. The van der Waals surface area contributed by atoms with E-state index in [1.54, 1.807) is 0 Å². The second-order valence-corrected chi connectivity index (χ2v) is 3.82. The van der Waals surface area contributed by atoms with Gasteiger partial charge in [-0.1, -0.05) is 0 Å². The van der Waals surface area contributed by atoms with E-state index in [1.807, 2.05) is 6.07 Å². The molecule has 0 saturated carbocycles. The molecular weight excluding hydrogens is 214 g/mol. The average molecular weight is 224 g/mol. The number of benzene rings is 1. The van der Waals surface area contributed by atoms with Crippen molar-refractivity contribution in [3.05, 3.63) is 35.4 Å². The molecule has 0 bridgehead atoms. The molecule has 0 aliphatic rings. The number of nitriles is 1. The van der Waals surface area contributed by atoms with Crippen LogP contribution in [0.1, 0.15) is 24.2 Å². The van der Waals surface area contributed by atoms with Crippen molar-refractivity contribution < 1.29 is 13.6 Å². The van der Waals surface area contributed by atoms with E-state index in [2.05, 4.69) is 5.32 Å². The fourth-order valence-corrected chi connectivity index (χ4v) is 1.05. The smallest absolute Gasteiger partial charge is 0.255 e. The van der Waals surface area contributed by atoms with Gasteiger partial charge in [-0.2, -0.15) is 5.26 Å². The first kappa shape index (κ1) is 12.1. The van der Waals surface area contributed by atoms with Gasteiger partial charge < -0.3 is 5.32 Å². The van der Waals surface area contributed by atoms with Crippen LogP contribution in [0.15, 0.2) is 18.2 Å². The molecule has 1 rings (SSSR count). The summed E-state index contributed by atoms with van der Waals surface area (Å²) in [6.45, 7) is 2.96. The Bertz CT molecular complexity index is 464. The van der Waals surface area contributed by atoms with Gasteiger partial charge in [0.25, 0.3) is 5.91 Å². The zero-order chi connectivity index (χ0) is 12.3. The Morgan fingerprint density at radius 2 is 2.06 bits per heavy atom. The Morgan fingerprint density at radius 3 is 2.56 bits per heavy atom. The van der Waals surface area contributed by atoms with Gasteiger partial charge in [0.1, 0.15) is 17.2 Å². The number of nitrogens with zero attached hydrogens (tertiary/aromatic N) is 1. The predicted octanol–water partition coefficient (Wildman–Crippen LogP) is 2.00. The minimum atomic E-state index is -1.10. The maximum atomic E-state index is 13.2. The molecular formula is C11H10F2N2O. The van der Waals surface area contributed by atoms with Crippen molar-refractivity contribution in [3.63, 3.8) is 0 Å². The Morgan fingerprint density at radius 1 is 1.44 bits per heavy atom. The molecule has 1 amide bonds. The zero-order valence-electron chi connectivity index (χ0n) is 8.84. The van der Waals surface area contributed by atoms with Crippen LogP contribution >= 0.6 is 0 Å². The molecule has 1 N–H and O–H groups in total. The highest BCUT2D eigenvalue weighted by atomic mass is 19.1. The average Bonchev–Trinajstić information content (AvgIpc) is 2.16. The van der Waals surface area contributed by atoms with Gasteiger partial charge in [0.15, 0.2) is 0 Å². The van der Waals surface area contributed by atoms with E-state index >= 15 is 0 Å². The van der Waals surface area contributed by atoms with Crippen LogP contribution in [0.25, 0.3) is 0 Å². The standard InChI is InChI=1S/C11H10F2N2O/c1-11(2,6-14)15-10(16)8-4-3-7(12)5-9(8)13/h3-5H,1-2H3,(H,15,16). The van der Waals surface area contributed by atoms with Crippen molar-refractivity contribution in [1.29, 1.82) is 5.26 Å². The van der Waals surface area contributed by atoms with E-state index in [9.17, 15) is 13.6 Å². The van der Waals surface area contributed by atoms with Crippen molar-refractivity contribution >= 4 is 5.91 Å². The number of carbonyl (C=O) groups excluding carboxylic acids is 1. The molecule has 0 aliphatic heterocycles. The molecule has 0 atom stereocenters. The van der Waals surface area contributed by atoms with E-state index < -0.39 is 23.1 Å². The minimum Gasteiger partial charge on any atom is -0.334 e. The quantitative estimate of drug-likeness (QED) is 0.835. The zero-order valence-corrected chi connectivity index (χ0v) is 8.84. The van der Waals surface area contributed by atoms with Crippen LogP contribution in [-0.2, 0) is 0 Å². The summed E-state index contributed by atoms with van der Waals surface area (Å²) in [4.78, 5) is 11.5. The third kappa shape index (κ3) is 2.76. The summed E-state index contributed by atoms with van der Waals surface area (Å²) >= 11 is 0. The third-order valence-corrected chi connectivity index (χ3v) is 1.88. The van der Waals surface area contributed by atoms with Crippen LogP contribution in [0.4, 0.5) is 8.78 Å². The lowest BCUT2D eigenvalue weighted by molar-refractivity contribution is 0.0925. The maximum Gasteiger partial charge on any atom is 0.255 e. The molecule has 0 aliphatic carbocycles. The molecule has 0 saturated heterocycles. The fourth-order valence-electron chi connectivity index (χ4n) is 1.05. The summed E-state index contributed by atoms with van der Waals surface area (Å²) in [5.41, 5.74) is -1.39. The predicted molar refractivity (Wildman–Crippen MR) is 53.5 cm³/mol. The summed E-state index contributed by atoms with van der Waals surface area (Å²) in [6.07, 6.45) is 0. The highest BCUT2D eigenvalue weighted by Gasteiger charge is 2.22. The van der Waals surface area contributed by atoms with Crippen molar-refractivity contribution in [2.24, 2.45) is 0 Å². The number of rotatable bonds is 2. The van der Waals surface area contributed by atoms with E-state index in [4.69, 9.17) is 5.26 Å². The van der Waals surface area contributed by atoms with Gasteiger partial charge in [-0.15, -0.1) is 0 Å². The number of hydrogen-bond donors (Lipinski definition) is 1. The van der Waals surface area contributed by atoms with Gasteiger partial charge in [0.2, 0.25) is 0 Å². The largest absolute Gasteiger partial charge is 0.334 e. The molecule has 3 nitrogen and oxygen atoms in total. The van der Waals surface area contributed by atoms with Crippen LogP contribution < -0.4 is 5.32 Å². The summed E-state index contributed by atoms with van der Waals surface area (Å²) in [7, 11) is 0. The Hall–Kier alpha value is -1.96. The van der Waals surface area contributed by atoms with Crippen LogP contribution in [-0.4, -0.2) is 11.4 Å². The summed E-state index contributed by atoms with van der Waals surface area (Å²) in [6, 6.07) is 4.48. The highest BCUT2D eigenvalue weighted by Crippen LogP contribution is 2.11. The lowest BCUT2D eigenvalue weighted by atomic mass is 10.1. The molecule has 5 heteroatoms. The van der Waals surface area contributed by atoms with Crippen molar-refractivity contribution in [3.8, 4) is 6.07 Å². The van der Waals surface area contributed by atoms with Crippen LogP contribution in [0.5, 0.6) is 0 Å². The van der Waals surface area contributed by atoms with E-state index in [1.165, 1.54) is 13.8 Å². The van der Waals surface area contributed by atoms with E-state index in [-0.39, 0.29) is 5.56 Å². The number of halogens is 2. The van der Waals surface area contributed by atoms with E-state index in [0.717, 1.165) is 12.1 Å². The molecule has 0 unspecified atom stereocenters. The van der Waals surface area contributed by atoms with Crippen LogP contribution in [0.2, 0.25) is 0 Å². The first-order chi connectivity index (χ1) is 7.35. The summed E-state index contributed by atoms with van der Waals surface area (Å²) in [5, 5.41) is 11.0. The third-order valence-electron chi connectivity index (χ3n) is 1.88. The molecule has 84 valence electrons. The molecule has 0 radical (unpaired) electrons. The Labute approximate surface area is 91.7 Å². The Balaban J connectivity index is 2.95. The van der Waals surface area contributed by atoms with Gasteiger partial charge in [0.05, 0.1) is 11.6 Å². The molecule has 0 fully saturated rings. The summed E-state index contributed by atoms with van der Waals surface area (Å²) < 4.78 is 25.8. The summed E-state index contributed by atoms with van der Waals surface area (Å²) in [5.74, 6) is -2.45. The van der Waals surface area contributed by atoms with Gasteiger partial charge in [-0.25, -0.2) is 8.78 Å². The van der Waals surface area contributed by atoms with E-state index in [0.29, 0.717) is 6.07 Å². The molecule has 0 heterocycles.